The van der Waals surface area contributed by atoms with Gasteiger partial charge in [0.15, 0.2) is 0 Å². The van der Waals surface area contributed by atoms with Crippen molar-refractivity contribution in [1.29, 1.82) is 0 Å². The first-order chi connectivity index (χ1) is 6.93. The molecule has 1 saturated heterocycles. The molecular formula is C11H13N3. The zero-order valence-corrected chi connectivity index (χ0v) is 7.98. The summed E-state index contributed by atoms with van der Waals surface area (Å²) in [6.45, 7) is 1.12. The number of aromatic nitrogens is 2. The summed E-state index contributed by atoms with van der Waals surface area (Å²) in [6, 6.07) is 6.56. The van der Waals surface area contributed by atoms with E-state index < -0.39 is 0 Å². The van der Waals surface area contributed by atoms with Gasteiger partial charge in [-0.05, 0) is 31.5 Å². The second-order valence-corrected chi connectivity index (χ2v) is 3.78. The Kier molecular flexibility index (Phi) is 1.77. The first-order valence-corrected chi connectivity index (χ1v) is 5.10. The maximum Gasteiger partial charge on any atom is 0.137 e. The Morgan fingerprint density at radius 3 is 3.21 bits per heavy atom. The Labute approximate surface area is 82.8 Å². The van der Waals surface area contributed by atoms with Gasteiger partial charge in [-0.15, -0.1) is 0 Å². The summed E-state index contributed by atoms with van der Waals surface area (Å²) in [4.78, 5) is 4.60. The number of pyridine rings is 1. The van der Waals surface area contributed by atoms with Crippen molar-refractivity contribution in [1.82, 2.24) is 14.7 Å². The molecule has 1 atom stereocenters. The molecule has 1 aliphatic rings. The van der Waals surface area contributed by atoms with Crippen LogP contribution in [0, 0.1) is 0 Å². The Morgan fingerprint density at radius 1 is 1.43 bits per heavy atom. The van der Waals surface area contributed by atoms with E-state index in [0.717, 1.165) is 12.2 Å². The molecule has 72 valence electrons. The molecule has 3 rings (SSSR count). The summed E-state index contributed by atoms with van der Waals surface area (Å²) in [5, 5.41) is 3.46. The summed E-state index contributed by atoms with van der Waals surface area (Å²) in [7, 11) is 0. The quantitative estimate of drug-likeness (QED) is 0.737. The lowest BCUT2D eigenvalue weighted by molar-refractivity contribution is 0.632. The third-order valence-corrected chi connectivity index (χ3v) is 2.80. The highest BCUT2D eigenvalue weighted by Crippen LogP contribution is 2.22. The molecule has 0 amide bonds. The van der Waals surface area contributed by atoms with Crippen LogP contribution >= 0.6 is 0 Å². The van der Waals surface area contributed by atoms with Crippen LogP contribution in [0.5, 0.6) is 0 Å². The molecule has 0 radical (unpaired) electrons. The largest absolute Gasteiger partial charge is 0.309 e. The van der Waals surface area contributed by atoms with Crippen LogP contribution in [0.3, 0.4) is 0 Å². The second kappa shape index (κ2) is 3.10. The summed E-state index contributed by atoms with van der Waals surface area (Å²) >= 11 is 0. The van der Waals surface area contributed by atoms with Crippen molar-refractivity contribution in [3.05, 3.63) is 36.3 Å². The number of imidazole rings is 1. The normalized spacial score (nSPS) is 21.9. The van der Waals surface area contributed by atoms with E-state index in [1.54, 1.807) is 0 Å². The van der Waals surface area contributed by atoms with Crippen LogP contribution in [0.1, 0.15) is 24.6 Å². The highest BCUT2D eigenvalue weighted by atomic mass is 15.0. The predicted molar refractivity (Wildman–Crippen MR) is 55.2 cm³/mol. The molecular weight excluding hydrogens is 174 g/mol. The SMILES string of the molecule is c1ccn2cc(C3CCCN3)nc2c1. The molecule has 2 aromatic rings. The Hall–Kier alpha value is -1.35. The standard InChI is InChI=1S/C11H13N3/c1-2-7-14-8-10(13-11(14)5-1)9-4-3-6-12-9/h1-2,5,7-9,12H,3-4,6H2. The molecule has 1 N–H and O–H groups in total. The molecule has 0 aromatic carbocycles. The van der Waals surface area contributed by atoms with Gasteiger partial charge in [-0.3, -0.25) is 0 Å². The van der Waals surface area contributed by atoms with E-state index in [4.69, 9.17) is 0 Å². The lowest BCUT2D eigenvalue weighted by Crippen LogP contribution is -2.12. The van der Waals surface area contributed by atoms with Crippen molar-refractivity contribution < 1.29 is 0 Å². The van der Waals surface area contributed by atoms with Gasteiger partial charge in [0, 0.05) is 12.4 Å². The van der Waals surface area contributed by atoms with Crippen LogP contribution < -0.4 is 5.32 Å². The van der Waals surface area contributed by atoms with Crippen molar-refractivity contribution in [2.75, 3.05) is 6.54 Å². The van der Waals surface area contributed by atoms with Gasteiger partial charge in [0.1, 0.15) is 5.65 Å². The number of nitrogens with one attached hydrogen (secondary N) is 1. The number of rotatable bonds is 1. The average molecular weight is 187 g/mol. The van der Waals surface area contributed by atoms with E-state index in [0.29, 0.717) is 6.04 Å². The Balaban J connectivity index is 2.05. The van der Waals surface area contributed by atoms with E-state index in [2.05, 4.69) is 20.9 Å². The monoisotopic (exact) mass is 187 g/mol. The molecule has 1 unspecified atom stereocenters. The van der Waals surface area contributed by atoms with Gasteiger partial charge >= 0.3 is 0 Å². The third kappa shape index (κ3) is 1.21. The van der Waals surface area contributed by atoms with Crippen molar-refractivity contribution in [3.63, 3.8) is 0 Å². The zero-order valence-electron chi connectivity index (χ0n) is 7.98. The van der Waals surface area contributed by atoms with E-state index >= 15 is 0 Å². The minimum Gasteiger partial charge on any atom is -0.309 e. The van der Waals surface area contributed by atoms with Gasteiger partial charge in [0.2, 0.25) is 0 Å². The molecule has 0 saturated carbocycles. The number of hydrogen-bond donors (Lipinski definition) is 1. The van der Waals surface area contributed by atoms with Crippen LogP contribution in [0.15, 0.2) is 30.6 Å². The smallest absolute Gasteiger partial charge is 0.137 e. The van der Waals surface area contributed by atoms with Gasteiger partial charge in [-0.25, -0.2) is 4.98 Å². The molecule has 14 heavy (non-hydrogen) atoms. The van der Waals surface area contributed by atoms with Gasteiger partial charge < -0.3 is 9.72 Å². The van der Waals surface area contributed by atoms with Gasteiger partial charge in [0.25, 0.3) is 0 Å². The highest BCUT2D eigenvalue weighted by molar-refractivity contribution is 5.40. The Morgan fingerprint density at radius 2 is 2.43 bits per heavy atom. The molecule has 2 aromatic heterocycles. The molecule has 0 spiro atoms. The fourth-order valence-corrected chi connectivity index (χ4v) is 2.06. The molecule has 3 heteroatoms. The Bertz CT molecular complexity index is 407. The minimum atomic E-state index is 0.467. The molecule has 1 aliphatic heterocycles. The van der Waals surface area contributed by atoms with E-state index in [9.17, 15) is 0 Å². The van der Waals surface area contributed by atoms with E-state index in [1.165, 1.54) is 18.5 Å². The maximum absolute atomic E-state index is 4.60. The fourth-order valence-electron chi connectivity index (χ4n) is 2.06. The second-order valence-electron chi connectivity index (χ2n) is 3.78. The van der Waals surface area contributed by atoms with Crippen LogP contribution in [0.25, 0.3) is 5.65 Å². The van der Waals surface area contributed by atoms with Crippen molar-refractivity contribution in [3.8, 4) is 0 Å². The van der Waals surface area contributed by atoms with Crippen LogP contribution in [0.2, 0.25) is 0 Å². The number of hydrogen-bond acceptors (Lipinski definition) is 2. The first-order valence-electron chi connectivity index (χ1n) is 5.10. The van der Waals surface area contributed by atoms with Crippen molar-refractivity contribution in [2.45, 2.75) is 18.9 Å². The molecule has 0 bridgehead atoms. The summed E-state index contributed by atoms with van der Waals surface area (Å²) < 4.78 is 2.08. The maximum atomic E-state index is 4.60. The van der Waals surface area contributed by atoms with E-state index in [-0.39, 0.29) is 0 Å². The van der Waals surface area contributed by atoms with E-state index in [1.807, 2.05) is 24.4 Å². The molecule has 1 fully saturated rings. The lowest BCUT2D eigenvalue weighted by atomic mass is 10.2. The first kappa shape index (κ1) is 8.00. The van der Waals surface area contributed by atoms with Crippen LogP contribution in [-0.2, 0) is 0 Å². The summed E-state index contributed by atoms with van der Waals surface area (Å²) in [5.41, 5.74) is 2.21. The topological polar surface area (TPSA) is 29.3 Å². The van der Waals surface area contributed by atoms with Crippen molar-refractivity contribution in [2.24, 2.45) is 0 Å². The zero-order chi connectivity index (χ0) is 9.38. The highest BCUT2D eigenvalue weighted by Gasteiger charge is 2.18. The fraction of sp³-hybridized carbons (Fsp3) is 0.364. The predicted octanol–water partition coefficient (Wildman–Crippen LogP) is 1.76. The average Bonchev–Trinajstić information content (AvgIpc) is 2.86. The van der Waals surface area contributed by atoms with Crippen LogP contribution in [-0.4, -0.2) is 15.9 Å². The minimum absolute atomic E-state index is 0.467. The van der Waals surface area contributed by atoms with Gasteiger partial charge in [0.05, 0.1) is 11.7 Å². The third-order valence-electron chi connectivity index (χ3n) is 2.80. The lowest BCUT2D eigenvalue weighted by Gasteiger charge is -2.04. The van der Waals surface area contributed by atoms with Crippen LogP contribution in [0.4, 0.5) is 0 Å². The van der Waals surface area contributed by atoms with Gasteiger partial charge in [-0.2, -0.15) is 0 Å². The summed E-state index contributed by atoms with van der Waals surface area (Å²) in [5.74, 6) is 0. The molecule has 0 aliphatic carbocycles. The van der Waals surface area contributed by atoms with Crippen molar-refractivity contribution >= 4 is 5.65 Å². The van der Waals surface area contributed by atoms with Gasteiger partial charge in [-0.1, -0.05) is 6.07 Å². The summed E-state index contributed by atoms with van der Waals surface area (Å²) in [6.07, 6.45) is 6.64. The number of nitrogens with zero attached hydrogens (tertiary/aromatic N) is 2. The molecule has 3 heterocycles. The number of fused-ring (bicyclic) bond motifs is 1. The molecule has 3 nitrogen and oxygen atoms in total.